The first kappa shape index (κ1) is 11.6. The predicted octanol–water partition coefficient (Wildman–Crippen LogP) is 1.99. The van der Waals surface area contributed by atoms with Crippen LogP contribution >= 0.6 is 0 Å². The van der Waals surface area contributed by atoms with Gasteiger partial charge in [0.05, 0.1) is 6.10 Å². The van der Waals surface area contributed by atoms with E-state index in [9.17, 15) is 5.11 Å². The van der Waals surface area contributed by atoms with Gasteiger partial charge in [0.1, 0.15) is 0 Å². The van der Waals surface area contributed by atoms with E-state index in [0.717, 1.165) is 25.7 Å². The van der Waals surface area contributed by atoms with Crippen LogP contribution < -0.4 is 5.73 Å². The first-order chi connectivity index (χ1) is 7.74. The molecule has 0 heterocycles. The molecule has 3 N–H and O–H groups in total. The third-order valence-corrected chi connectivity index (χ3v) is 4.01. The number of aliphatic hydroxyl groups is 1. The van der Waals surface area contributed by atoms with Crippen LogP contribution in [0.3, 0.4) is 0 Å². The van der Waals surface area contributed by atoms with Crippen molar-refractivity contribution >= 4 is 0 Å². The van der Waals surface area contributed by atoms with E-state index in [-0.39, 0.29) is 11.5 Å². The maximum atomic E-state index is 10.3. The average Bonchev–Trinajstić information content (AvgIpc) is 2.37. The number of aliphatic hydroxyl groups excluding tert-OH is 1. The molecule has 0 spiro atoms. The van der Waals surface area contributed by atoms with Crippen molar-refractivity contribution in [2.45, 2.75) is 44.1 Å². The van der Waals surface area contributed by atoms with Gasteiger partial charge in [0, 0.05) is 12.0 Å². The summed E-state index contributed by atoms with van der Waals surface area (Å²) in [5, 5.41) is 10.3. The van der Waals surface area contributed by atoms with Gasteiger partial charge in [-0.25, -0.2) is 0 Å². The van der Waals surface area contributed by atoms with Gasteiger partial charge in [-0.3, -0.25) is 0 Å². The molecule has 16 heavy (non-hydrogen) atoms. The van der Waals surface area contributed by atoms with Crippen LogP contribution in [0.15, 0.2) is 24.3 Å². The van der Waals surface area contributed by atoms with Crippen LogP contribution in [-0.4, -0.2) is 17.8 Å². The number of hydrogen-bond donors (Lipinski definition) is 2. The van der Waals surface area contributed by atoms with E-state index < -0.39 is 0 Å². The molecule has 0 saturated carbocycles. The lowest BCUT2D eigenvalue weighted by molar-refractivity contribution is 0.0690. The number of hydrogen-bond acceptors (Lipinski definition) is 2. The summed E-state index contributed by atoms with van der Waals surface area (Å²) in [7, 11) is 0. The molecule has 2 unspecified atom stereocenters. The molecule has 0 amide bonds. The van der Waals surface area contributed by atoms with Gasteiger partial charge in [-0.1, -0.05) is 31.2 Å². The summed E-state index contributed by atoms with van der Waals surface area (Å²) in [6, 6.07) is 8.43. The second-order valence-electron chi connectivity index (χ2n) is 4.80. The van der Waals surface area contributed by atoms with Crippen LogP contribution in [0.5, 0.6) is 0 Å². The summed E-state index contributed by atoms with van der Waals surface area (Å²) in [5.74, 6) is 0. The van der Waals surface area contributed by atoms with Crippen molar-refractivity contribution in [2.24, 2.45) is 5.73 Å². The summed E-state index contributed by atoms with van der Waals surface area (Å²) in [6.45, 7) is 2.57. The topological polar surface area (TPSA) is 46.2 Å². The highest BCUT2D eigenvalue weighted by molar-refractivity contribution is 5.38. The summed E-state index contributed by atoms with van der Waals surface area (Å²) in [6.07, 6.45) is 3.71. The van der Waals surface area contributed by atoms with Gasteiger partial charge >= 0.3 is 0 Å². The largest absolute Gasteiger partial charge is 0.392 e. The van der Waals surface area contributed by atoms with E-state index in [1.807, 2.05) is 6.92 Å². The van der Waals surface area contributed by atoms with Crippen molar-refractivity contribution < 1.29 is 5.11 Å². The Morgan fingerprint density at radius 3 is 2.88 bits per heavy atom. The summed E-state index contributed by atoms with van der Waals surface area (Å²) in [5.41, 5.74) is 8.41. The highest BCUT2D eigenvalue weighted by atomic mass is 16.3. The standard InChI is InChI=1S/C14H21NO/c1-2-13(16)14(10-15)9-5-7-11-6-3-4-8-12(11)14/h3-4,6,8,13,16H,2,5,7,9-10,15H2,1H3. The summed E-state index contributed by atoms with van der Waals surface area (Å²) >= 11 is 0. The van der Waals surface area contributed by atoms with Gasteiger partial charge in [0.25, 0.3) is 0 Å². The third kappa shape index (κ3) is 1.66. The summed E-state index contributed by atoms with van der Waals surface area (Å²) < 4.78 is 0. The van der Waals surface area contributed by atoms with E-state index in [1.165, 1.54) is 11.1 Å². The van der Waals surface area contributed by atoms with Crippen molar-refractivity contribution in [1.82, 2.24) is 0 Å². The smallest absolute Gasteiger partial charge is 0.0646 e. The maximum absolute atomic E-state index is 10.3. The molecule has 1 aromatic carbocycles. The molecule has 2 atom stereocenters. The predicted molar refractivity (Wildman–Crippen MR) is 66.4 cm³/mol. The molecular weight excluding hydrogens is 198 g/mol. The van der Waals surface area contributed by atoms with Crippen molar-refractivity contribution in [3.05, 3.63) is 35.4 Å². The zero-order valence-electron chi connectivity index (χ0n) is 9.95. The fourth-order valence-electron chi connectivity index (χ4n) is 3.04. The molecular formula is C14H21NO. The van der Waals surface area contributed by atoms with E-state index in [4.69, 9.17) is 5.73 Å². The maximum Gasteiger partial charge on any atom is 0.0646 e. The van der Waals surface area contributed by atoms with Crippen molar-refractivity contribution in [2.75, 3.05) is 6.54 Å². The van der Waals surface area contributed by atoms with Crippen LogP contribution in [0.2, 0.25) is 0 Å². The second-order valence-corrected chi connectivity index (χ2v) is 4.80. The Morgan fingerprint density at radius 1 is 1.44 bits per heavy atom. The van der Waals surface area contributed by atoms with Gasteiger partial charge in [-0.15, -0.1) is 0 Å². The minimum absolute atomic E-state index is 0.205. The minimum atomic E-state index is -0.320. The van der Waals surface area contributed by atoms with E-state index in [2.05, 4.69) is 24.3 Å². The Balaban J connectivity index is 2.49. The molecule has 0 radical (unpaired) electrons. The number of benzene rings is 1. The second kappa shape index (κ2) is 4.56. The Morgan fingerprint density at radius 2 is 2.19 bits per heavy atom. The van der Waals surface area contributed by atoms with Gasteiger partial charge in [-0.2, -0.15) is 0 Å². The molecule has 0 fully saturated rings. The average molecular weight is 219 g/mol. The zero-order valence-corrected chi connectivity index (χ0v) is 9.95. The highest BCUT2D eigenvalue weighted by Crippen LogP contribution is 2.40. The van der Waals surface area contributed by atoms with Gasteiger partial charge in [-0.05, 0) is 36.8 Å². The monoisotopic (exact) mass is 219 g/mol. The molecule has 0 bridgehead atoms. The van der Waals surface area contributed by atoms with E-state index in [1.54, 1.807) is 0 Å². The van der Waals surface area contributed by atoms with Crippen molar-refractivity contribution in [3.63, 3.8) is 0 Å². The Labute approximate surface area is 97.5 Å². The Kier molecular flexibility index (Phi) is 3.31. The van der Waals surface area contributed by atoms with E-state index >= 15 is 0 Å². The molecule has 0 aliphatic heterocycles. The highest BCUT2D eigenvalue weighted by Gasteiger charge is 2.40. The molecule has 2 nitrogen and oxygen atoms in total. The van der Waals surface area contributed by atoms with Crippen LogP contribution in [-0.2, 0) is 11.8 Å². The number of fused-ring (bicyclic) bond motifs is 1. The van der Waals surface area contributed by atoms with Gasteiger partial charge in [0.2, 0.25) is 0 Å². The summed E-state index contributed by atoms with van der Waals surface area (Å²) in [4.78, 5) is 0. The minimum Gasteiger partial charge on any atom is -0.392 e. The fourth-order valence-corrected chi connectivity index (χ4v) is 3.04. The quantitative estimate of drug-likeness (QED) is 0.816. The number of rotatable bonds is 3. The van der Waals surface area contributed by atoms with Crippen LogP contribution in [0.1, 0.15) is 37.3 Å². The molecule has 1 aliphatic carbocycles. The normalized spacial score (nSPS) is 26.2. The van der Waals surface area contributed by atoms with Crippen LogP contribution in [0.4, 0.5) is 0 Å². The van der Waals surface area contributed by atoms with E-state index in [0.29, 0.717) is 6.54 Å². The van der Waals surface area contributed by atoms with Crippen molar-refractivity contribution in [3.8, 4) is 0 Å². The van der Waals surface area contributed by atoms with Crippen LogP contribution in [0, 0.1) is 0 Å². The molecule has 0 saturated heterocycles. The molecule has 2 heteroatoms. The number of aryl methyl sites for hydroxylation is 1. The lowest BCUT2D eigenvalue weighted by Crippen LogP contribution is -2.47. The SMILES string of the molecule is CCC(O)C1(CN)CCCc2ccccc21. The first-order valence-electron chi connectivity index (χ1n) is 6.21. The lowest BCUT2D eigenvalue weighted by atomic mass is 9.66. The van der Waals surface area contributed by atoms with Gasteiger partial charge < -0.3 is 10.8 Å². The van der Waals surface area contributed by atoms with Gasteiger partial charge in [0.15, 0.2) is 0 Å². The molecule has 0 aromatic heterocycles. The third-order valence-electron chi connectivity index (χ3n) is 4.01. The molecule has 88 valence electrons. The lowest BCUT2D eigenvalue weighted by Gasteiger charge is -2.41. The zero-order chi connectivity index (χ0) is 11.6. The fraction of sp³-hybridized carbons (Fsp3) is 0.571. The molecule has 1 aromatic rings. The Hall–Kier alpha value is -0.860. The number of nitrogens with two attached hydrogens (primary N) is 1. The Bertz CT molecular complexity index is 364. The molecule has 2 rings (SSSR count). The first-order valence-corrected chi connectivity index (χ1v) is 6.21. The van der Waals surface area contributed by atoms with Crippen LogP contribution in [0.25, 0.3) is 0 Å². The molecule has 1 aliphatic rings. The van der Waals surface area contributed by atoms with Crippen molar-refractivity contribution in [1.29, 1.82) is 0 Å².